The zero-order chi connectivity index (χ0) is 31.9. The molecular formula is C29H42N6O8. The molecule has 14 nitrogen and oxygen atoms in total. The van der Waals surface area contributed by atoms with Gasteiger partial charge in [0.15, 0.2) is 0 Å². The number of unbranched alkanes of at least 4 members (excludes halogenated alkanes) is 2. The summed E-state index contributed by atoms with van der Waals surface area (Å²) in [6.07, 6.45) is 4.28. The summed E-state index contributed by atoms with van der Waals surface area (Å²) in [6, 6.07) is 2.53. The number of aromatic nitrogens is 1. The van der Waals surface area contributed by atoms with Crippen LogP contribution in [-0.2, 0) is 35.2 Å². The summed E-state index contributed by atoms with van der Waals surface area (Å²) < 4.78 is 0. The minimum absolute atomic E-state index is 0.0322. The normalized spacial score (nSPS) is 13.7. The minimum Gasteiger partial charge on any atom is -0.481 e. The molecular weight excluding hydrogens is 560 g/mol. The Morgan fingerprint density at radius 1 is 0.837 bits per heavy atom. The van der Waals surface area contributed by atoms with E-state index in [4.69, 9.17) is 10.8 Å². The molecule has 0 unspecified atom stereocenters. The lowest BCUT2D eigenvalue weighted by molar-refractivity contribution is -0.147. The fourth-order valence-electron chi connectivity index (χ4n) is 4.43. The van der Waals surface area contributed by atoms with E-state index >= 15 is 0 Å². The van der Waals surface area contributed by atoms with Gasteiger partial charge in [-0.1, -0.05) is 57.7 Å². The summed E-state index contributed by atoms with van der Waals surface area (Å²) in [5.74, 6) is -5.67. The molecule has 4 atom stereocenters. The van der Waals surface area contributed by atoms with Crippen molar-refractivity contribution in [2.45, 2.75) is 89.4 Å². The number of carboxylic acids is 2. The summed E-state index contributed by atoms with van der Waals surface area (Å²) in [6.45, 7) is 3.41. The zero-order valence-electron chi connectivity index (χ0n) is 24.5. The quantitative estimate of drug-likeness (QED) is 0.112. The van der Waals surface area contributed by atoms with Crippen molar-refractivity contribution in [2.75, 3.05) is 6.54 Å². The van der Waals surface area contributed by atoms with E-state index in [1.54, 1.807) is 6.20 Å². The van der Waals surface area contributed by atoms with E-state index in [1.165, 1.54) is 0 Å². The SMILES string of the molecule is CCCC[C@H](NC(=O)[C@H](Cc1c[nH]c2ccccc12)NC(=O)CNC(=O)[C@@H](N)CCCC)C(=O)N[C@@H](CC(=O)O)C(=O)O. The summed E-state index contributed by atoms with van der Waals surface area (Å²) in [7, 11) is 0. The monoisotopic (exact) mass is 602 g/mol. The highest BCUT2D eigenvalue weighted by Gasteiger charge is 2.31. The summed E-state index contributed by atoms with van der Waals surface area (Å²) in [4.78, 5) is 77.3. The summed E-state index contributed by atoms with van der Waals surface area (Å²) in [5.41, 5.74) is 7.39. The first-order valence-corrected chi connectivity index (χ1v) is 14.4. The first-order valence-electron chi connectivity index (χ1n) is 14.4. The van der Waals surface area contributed by atoms with E-state index in [0.717, 1.165) is 23.7 Å². The number of aliphatic carboxylic acids is 2. The smallest absolute Gasteiger partial charge is 0.326 e. The van der Waals surface area contributed by atoms with Crippen LogP contribution < -0.4 is 27.0 Å². The average Bonchev–Trinajstić information content (AvgIpc) is 3.38. The van der Waals surface area contributed by atoms with Gasteiger partial charge >= 0.3 is 11.9 Å². The molecule has 1 aromatic carbocycles. The van der Waals surface area contributed by atoms with Crippen molar-refractivity contribution in [1.29, 1.82) is 0 Å². The van der Waals surface area contributed by atoms with Gasteiger partial charge in [0, 0.05) is 23.5 Å². The predicted molar refractivity (Wildman–Crippen MR) is 158 cm³/mol. The van der Waals surface area contributed by atoms with E-state index in [9.17, 15) is 33.9 Å². The fraction of sp³-hybridized carbons (Fsp3) is 0.517. The predicted octanol–water partition coefficient (Wildman–Crippen LogP) is 0.548. The zero-order valence-corrected chi connectivity index (χ0v) is 24.5. The Morgan fingerprint density at radius 3 is 2.12 bits per heavy atom. The molecule has 0 saturated carbocycles. The van der Waals surface area contributed by atoms with E-state index in [1.807, 2.05) is 38.1 Å². The first-order chi connectivity index (χ1) is 20.5. The van der Waals surface area contributed by atoms with E-state index < -0.39 is 72.7 Å². The van der Waals surface area contributed by atoms with Crippen molar-refractivity contribution in [3.63, 3.8) is 0 Å². The lowest BCUT2D eigenvalue weighted by atomic mass is 10.0. The van der Waals surface area contributed by atoms with Crippen LogP contribution >= 0.6 is 0 Å². The number of amides is 4. The van der Waals surface area contributed by atoms with E-state index in [0.29, 0.717) is 24.8 Å². The number of carbonyl (C=O) groups excluding carboxylic acids is 4. The Kier molecular flexibility index (Phi) is 14.1. The number of benzene rings is 1. The lowest BCUT2D eigenvalue weighted by Crippen LogP contribution is -2.57. The largest absolute Gasteiger partial charge is 0.481 e. The highest BCUT2D eigenvalue weighted by molar-refractivity contribution is 5.95. The van der Waals surface area contributed by atoms with Gasteiger partial charge < -0.3 is 42.2 Å². The number of fused-ring (bicyclic) bond motifs is 1. The molecule has 0 aliphatic rings. The number of para-hydroxylation sites is 1. The van der Waals surface area contributed by atoms with Gasteiger partial charge in [0.25, 0.3) is 0 Å². The lowest BCUT2D eigenvalue weighted by Gasteiger charge is -2.24. The van der Waals surface area contributed by atoms with Crippen molar-refractivity contribution >= 4 is 46.5 Å². The van der Waals surface area contributed by atoms with Crippen LogP contribution in [0.1, 0.15) is 64.4 Å². The number of H-pyrrole nitrogens is 1. The maximum Gasteiger partial charge on any atom is 0.326 e. The third-order valence-electron chi connectivity index (χ3n) is 6.85. The molecule has 4 amide bonds. The van der Waals surface area contributed by atoms with E-state index in [2.05, 4.69) is 26.3 Å². The van der Waals surface area contributed by atoms with Gasteiger partial charge in [0.1, 0.15) is 18.1 Å². The third kappa shape index (κ3) is 11.4. The number of nitrogens with two attached hydrogens (primary N) is 1. The molecule has 0 aliphatic carbocycles. The van der Waals surface area contributed by atoms with Crippen molar-refractivity contribution in [3.05, 3.63) is 36.0 Å². The molecule has 0 fully saturated rings. The molecule has 0 radical (unpaired) electrons. The number of carbonyl (C=O) groups is 6. The number of carboxylic acid groups (broad SMARTS) is 2. The van der Waals surface area contributed by atoms with E-state index in [-0.39, 0.29) is 12.8 Å². The Bertz CT molecular complexity index is 1280. The first kappa shape index (κ1) is 34.7. The number of nitrogens with one attached hydrogen (secondary N) is 5. The van der Waals surface area contributed by atoms with Gasteiger partial charge in [-0.3, -0.25) is 24.0 Å². The second-order valence-corrected chi connectivity index (χ2v) is 10.4. The van der Waals surface area contributed by atoms with Gasteiger partial charge in [0.2, 0.25) is 23.6 Å². The topological polar surface area (TPSA) is 233 Å². The fourth-order valence-corrected chi connectivity index (χ4v) is 4.43. The van der Waals surface area contributed by atoms with Crippen LogP contribution in [-0.4, -0.2) is 81.5 Å². The molecule has 43 heavy (non-hydrogen) atoms. The minimum atomic E-state index is -1.69. The molecule has 236 valence electrons. The van der Waals surface area contributed by atoms with Gasteiger partial charge in [-0.2, -0.15) is 0 Å². The highest BCUT2D eigenvalue weighted by atomic mass is 16.4. The average molecular weight is 603 g/mol. The molecule has 0 saturated heterocycles. The maximum atomic E-state index is 13.5. The molecule has 0 spiro atoms. The Balaban J connectivity index is 2.23. The Labute approximate surface area is 249 Å². The van der Waals surface area contributed by atoms with Crippen LogP contribution in [0.2, 0.25) is 0 Å². The molecule has 14 heteroatoms. The molecule has 2 aromatic rings. The van der Waals surface area contributed by atoms with Gasteiger partial charge in [0.05, 0.1) is 19.0 Å². The second-order valence-electron chi connectivity index (χ2n) is 10.4. The molecule has 1 aromatic heterocycles. The maximum absolute atomic E-state index is 13.5. The van der Waals surface area contributed by atoms with Crippen molar-refractivity contribution in [2.24, 2.45) is 5.73 Å². The van der Waals surface area contributed by atoms with Crippen LogP contribution in [0.25, 0.3) is 10.9 Å². The molecule has 2 rings (SSSR count). The summed E-state index contributed by atoms with van der Waals surface area (Å²) >= 11 is 0. The number of hydrogen-bond donors (Lipinski definition) is 8. The van der Waals surface area contributed by atoms with Gasteiger partial charge in [-0.05, 0) is 24.5 Å². The van der Waals surface area contributed by atoms with Crippen LogP contribution in [0.15, 0.2) is 30.5 Å². The Morgan fingerprint density at radius 2 is 1.47 bits per heavy atom. The standard InChI is InChI=1S/C29H42N6O8/c1-3-5-10-19(30)26(39)32-16-24(36)33-22(13-17-15-31-20-12-8-7-9-18(17)20)28(41)34-21(11-6-4-2)27(40)35-23(29(42)43)14-25(37)38/h7-9,12,15,19,21-23,31H,3-6,10-11,13-14,16,30H2,1-2H3,(H,32,39)(H,33,36)(H,34,41)(H,35,40)(H,37,38)(H,42,43)/t19-,21-,22-,23-/m0/s1. The number of hydrogen-bond acceptors (Lipinski definition) is 7. The number of rotatable bonds is 19. The summed E-state index contributed by atoms with van der Waals surface area (Å²) in [5, 5.41) is 29.1. The van der Waals surface area contributed by atoms with Gasteiger partial charge in [-0.25, -0.2) is 4.79 Å². The number of aromatic amines is 1. The molecule has 9 N–H and O–H groups in total. The molecule has 0 aliphatic heterocycles. The highest BCUT2D eigenvalue weighted by Crippen LogP contribution is 2.19. The molecule has 1 heterocycles. The third-order valence-corrected chi connectivity index (χ3v) is 6.85. The van der Waals surface area contributed by atoms with Crippen LogP contribution in [0, 0.1) is 0 Å². The Hall–Kier alpha value is -4.46. The van der Waals surface area contributed by atoms with Crippen molar-refractivity contribution in [3.8, 4) is 0 Å². The molecule has 0 bridgehead atoms. The van der Waals surface area contributed by atoms with Crippen molar-refractivity contribution in [1.82, 2.24) is 26.3 Å². The van der Waals surface area contributed by atoms with Crippen molar-refractivity contribution < 1.29 is 39.0 Å². The van der Waals surface area contributed by atoms with Crippen LogP contribution in [0.3, 0.4) is 0 Å². The van der Waals surface area contributed by atoms with Crippen LogP contribution in [0.5, 0.6) is 0 Å². The second kappa shape index (κ2) is 17.5. The van der Waals surface area contributed by atoms with Crippen LogP contribution in [0.4, 0.5) is 0 Å². The van der Waals surface area contributed by atoms with Gasteiger partial charge in [-0.15, -0.1) is 0 Å².